The molecule has 0 bridgehead atoms. The normalized spacial score (nSPS) is 10.0. The molecule has 1 aromatic carbocycles. The van der Waals surface area contributed by atoms with E-state index >= 15 is 0 Å². The number of aryl methyl sites for hydroxylation is 1. The fourth-order valence-corrected chi connectivity index (χ4v) is 1.71. The quantitative estimate of drug-likeness (QED) is 0.727. The molecule has 1 rings (SSSR count). The molecule has 0 aliphatic carbocycles. The van der Waals surface area contributed by atoms with Gasteiger partial charge in [0.15, 0.2) is 0 Å². The highest BCUT2D eigenvalue weighted by Gasteiger charge is 2.11. The summed E-state index contributed by atoms with van der Waals surface area (Å²) < 4.78 is 5.53. The molecule has 104 valence electrons. The summed E-state index contributed by atoms with van der Waals surface area (Å²) in [7, 11) is 0. The molecule has 0 unspecified atom stereocenters. The predicted molar refractivity (Wildman–Crippen MR) is 75.2 cm³/mol. The van der Waals surface area contributed by atoms with E-state index in [0.29, 0.717) is 26.1 Å². The SMILES string of the molecule is C=CCN(CCO)C(=O)CCOc1cccc(C)c1. The molecule has 0 fully saturated rings. The molecule has 0 saturated heterocycles. The first-order valence-corrected chi connectivity index (χ1v) is 6.36. The lowest BCUT2D eigenvalue weighted by Crippen LogP contribution is -2.34. The maximum absolute atomic E-state index is 11.9. The van der Waals surface area contributed by atoms with Crippen LogP contribution in [0.4, 0.5) is 0 Å². The van der Waals surface area contributed by atoms with Crippen molar-refractivity contribution < 1.29 is 14.6 Å². The van der Waals surface area contributed by atoms with Crippen LogP contribution < -0.4 is 4.74 Å². The van der Waals surface area contributed by atoms with Gasteiger partial charge >= 0.3 is 0 Å². The highest BCUT2D eigenvalue weighted by molar-refractivity contribution is 5.76. The average Bonchev–Trinajstić information content (AvgIpc) is 2.38. The molecule has 0 atom stereocenters. The standard InChI is InChI=1S/C15H21NO3/c1-3-8-16(9-10-17)15(18)7-11-19-14-6-4-5-13(2)12-14/h3-6,12,17H,1,7-11H2,2H3. The minimum atomic E-state index is -0.0433. The molecule has 4 heteroatoms. The van der Waals surface area contributed by atoms with Crippen molar-refractivity contribution in [3.05, 3.63) is 42.5 Å². The Kier molecular flexibility index (Phi) is 6.68. The van der Waals surface area contributed by atoms with Gasteiger partial charge in [0.1, 0.15) is 5.75 Å². The molecule has 0 radical (unpaired) electrons. The van der Waals surface area contributed by atoms with Crippen LogP contribution in [0.25, 0.3) is 0 Å². The van der Waals surface area contributed by atoms with Crippen molar-refractivity contribution in [3.63, 3.8) is 0 Å². The van der Waals surface area contributed by atoms with Crippen LogP contribution >= 0.6 is 0 Å². The van der Waals surface area contributed by atoms with Crippen molar-refractivity contribution in [1.82, 2.24) is 4.90 Å². The maximum atomic E-state index is 11.9. The van der Waals surface area contributed by atoms with Crippen LogP contribution in [0.5, 0.6) is 5.75 Å². The first kappa shape index (κ1) is 15.2. The zero-order chi connectivity index (χ0) is 14.1. The second-order valence-electron chi connectivity index (χ2n) is 4.27. The van der Waals surface area contributed by atoms with Crippen LogP contribution in [-0.4, -0.2) is 42.2 Å². The Bertz CT molecular complexity index is 418. The Labute approximate surface area is 114 Å². The van der Waals surface area contributed by atoms with Crippen LogP contribution in [0.2, 0.25) is 0 Å². The highest BCUT2D eigenvalue weighted by Crippen LogP contribution is 2.12. The number of benzene rings is 1. The van der Waals surface area contributed by atoms with Gasteiger partial charge in [0.25, 0.3) is 0 Å². The summed E-state index contributed by atoms with van der Waals surface area (Å²) in [4.78, 5) is 13.4. The number of aliphatic hydroxyl groups excluding tert-OH is 1. The summed E-state index contributed by atoms with van der Waals surface area (Å²) in [6, 6.07) is 7.71. The zero-order valence-corrected chi connectivity index (χ0v) is 11.3. The number of rotatable bonds is 8. The summed E-state index contributed by atoms with van der Waals surface area (Å²) in [5.41, 5.74) is 1.12. The first-order valence-electron chi connectivity index (χ1n) is 6.36. The molecular formula is C15H21NO3. The average molecular weight is 263 g/mol. The number of carbonyl (C=O) groups excluding carboxylic acids is 1. The molecule has 0 aliphatic heterocycles. The van der Waals surface area contributed by atoms with E-state index in [4.69, 9.17) is 9.84 Å². The van der Waals surface area contributed by atoms with Crippen molar-refractivity contribution >= 4 is 5.91 Å². The third-order valence-corrected chi connectivity index (χ3v) is 2.65. The number of carbonyl (C=O) groups is 1. The van der Waals surface area contributed by atoms with Gasteiger partial charge in [0, 0.05) is 13.1 Å². The fourth-order valence-electron chi connectivity index (χ4n) is 1.71. The molecule has 1 aromatic rings. The number of hydrogen-bond acceptors (Lipinski definition) is 3. The van der Waals surface area contributed by atoms with Crippen molar-refractivity contribution in [1.29, 1.82) is 0 Å². The smallest absolute Gasteiger partial charge is 0.226 e. The molecule has 0 heterocycles. The second-order valence-corrected chi connectivity index (χ2v) is 4.27. The van der Waals surface area contributed by atoms with Gasteiger partial charge in [0.2, 0.25) is 5.91 Å². The number of nitrogens with zero attached hydrogens (tertiary/aromatic N) is 1. The van der Waals surface area contributed by atoms with Gasteiger partial charge in [-0.2, -0.15) is 0 Å². The van der Waals surface area contributed by atoms with E-state index < -0.39 is 0 Å². The minimum Gasteiger partial charge on any atom is -0.493 e. The van der Waals surface area contributed by atoms with Gasteiger partial charge in [-0.15, -0.1) is 6.58 Å². The van der Waals surface area contributed by atoms with Crippen molar-refractivity contribution in [2.45, 2.75) is 13.3 Å². The van der Waals surface area contributed by atoms with Gasteiger partial charge in [-0.3, -0.25) is 4.79 Å². The predicted octanol–water partition coefficient (Wildman–Crippen LogP) is 1.77. The van der Waals surface area contributed by atoms with Crippen LogP contribution in [0.15, 0.2) is 36.9 Å². The molecule has 1 N–H and O–H groups in total. The van der Waals surface area contributed by atoms with E-state index in [0.717, 1.165) is 11.3 Å². The molecular weight excluding hydrogens is 242 g/mol. The van der Waals surface area contributed by atoms with E-state index in [9.17, 15) is 4.79 Å². The van der Waals surface area contributed by atoms with Crippen molar-refractivity contribution in [2.75, 3.05) is 26.3 Å². The lowest BCUT2D eigenvalue weighted by molar-refractivity contribution is -0.131. The number of hydrogen-bond donors (Lipinski definition) is 1. The Balaban J connectivity index is 2.38. The van der Waals surface area contributed by atoms with E-state index in [1.807, 2.05) is 31.2 Å². The summed E-state index contributed by atoms with van der Waals surface area (Å²) in [6.07, 6.45) is 1.94. The molecule has 1 amide bonds. The Morgan fingerprint density at radius 2 is 2.32 bits per heavy atom. The lowest BCUT2D eigenvalue weighted by Gasteiger charge is -2.20. The third-order valence-electron chi connectivity index (χ3n) is 2.65. The molecule has 4 nitrogen and oxygen atoms in total. The summed E-state index contributed by atoms with van der Waals surface area (Å²) in [5, 5.41) is 8.89. The third kappa shape index (κ3) is 5.57. The van der Waals surface area contributed by atoms with Gasteiger partial charge in [0.05, 0.1) is 19.6 Å². The Morgan fingerprint density at radius 3 is 2.95 bits per heavy atom. The second kappa shape index (κ2) is 8.32. The van der Waals surface area contributed by atoms with E-state index in [1.165, 1.54) is 0 Å². The topological polar surface area (TPSA) is 49.8 Å². The fraction of sp³-hybridized carbons (Fsp3) is 0.400. The number of ether oxygens (including phenoxy) is 1. The zero-order valence-electron chi connectivity index (χ0n) is 11.3. The number of amides is 1. The monoisotopic (exact) mass is 263 g/mol. The lowest BCUT2D eigenvalue weighted by atomic mass is 10.2. The maximum Gasteiger partial charge on any atom is 0.226 e. The Hall–Kier alpha value is -1.81. The van der Waals surface area contributed by atoms with E-state index in [1.54, 1.807) is 11.0 Å². The van der Waals surface area contributed by atoms with Crippen LogP contribution in [0.1, 0.15) is 12.0 Å². The largest absolute Gasteiger partial charge is 0.493 e. The highest BCUT2D eigenvalue weighted by atomic mass is 16.5. The van der Waals surface area contributed by atoms with Gasteiger partial charge < -0.3 is 14.7 Å². The van der Waals surface area contributed by atoms with Crippen molar-refractivity contribution in [2.24, 2.45) is 0 Å². The Morgan fingerprint density at radius 1 is 1.53 bits per heavy atom. The molecule has 0 aliphatic rings. The summed E-state index contributed by atoms with van der Waals surface area (Å²) in [5.74, 6) is 0.729. The van der Waals surface area contributed by atoms with E-state index in [-0.39, 0.29) is 12.5 Å². The van der Waals surface area contributed by atoms with E-state index in [2.05, 4.69) is 6.58 Å². The van der Waals surface area contributed by atoms with Crippen LogP contribution in [-0.2, 0) is 4.79 Å². The van der Waals surface area contributed by atoms with Crippen LogP contribution in [0.3, 0.4) is 0 Å². The first-order chi connectivity index (χ1) is 9.17. The summed E-state index contributed by atoms with van der Waals surface area (Å²) >= 11 is 0. The summed E-state index contributed by atoms with van der Waals surface area (Å²) in [6.45, 7) is 6.66. The van der Waals surface area contributed by atoms with Gasteiger partial charge in [-0.25, -0.2) is 0 Å². The molecule has 19 heavy (non-hydrogen) atoms. The minimum absolute atomic E-state index is 0.0402. The molecule has 0 aromatic heterocycles. The van der Waals surface area contributed by atoms with Crippen LogP contribution in [0, 0.1) is 6.92 Å². The van der Waals surface area contributed by atoms with Gasteiger partial charge in [-0.05, 0) is 24.6 Å². The number of aliphatic hydroxyl groups is 1. The molecule has 0 saturated carbocycles. The molecule has 0 spiro atoms. The van der Waals surface area contributed by atoms with Crippen molar-refractivity contribution in [3.8, 4) is 5.75 Å². The van der Waals surface area contributed by atoms with Gasteiger partial charge in [-0.1, -0.05) is 18.2 Å².